The largest absolute Gasteiger partial charge is 0.352 e. The van der Waals surface area contributed by atoms with Crippen LogP contribution in [-0.2, 0) is 13.1 Å². The predicted molar refractivity (Wildman–Crippen MR) is 99.7 cm³/mol. The molecule has 3 rings (SSSR count). The molecule has 140 valence electrons. The molecule has 26 heavy (non-hydrogen) atoms. The smallest absolute Gasteiger partial charge is 0.254 e. The first kappa shape index (κ1) is 18.5. The van der Waals surface area contributed by atoms with E-state index in [1.54, 1.807) is 6.20 Å². The van der Waals surface area contributed by atoms with Crippen LogP contribution in [0.2, 0.25) is 0 Å². The molecule has 1 saturated heterocycles. The molecule has 3 heterocycles. The minimum atomic E-state index is -0.0126. The van der Waals surface area contributed by atoms with Gasteiger partial charge < -0.3 is 5.32 Å². The third kappa shape index (κ3) is 4.46. The lowest BCUT2D eigenvalue weighted by Crippen LogP contribution is -2.38. The number of aromatic nitrogens is 4. The zero-order valence-electron chi connectivity index (χ0n) is 15.9. The molecule has 1 N–H and O–H groups in total. The van der Waals surface area contributed by atoms with Crippen molar-refractivity contribution < 1.29 is 4.79 Å². The Morgan fingerprint density at radius 1 is 1.19 bits per heavy atom. The number of aryl methyl sites for hydroxylation is 2. The Balaban J connectivity index is 1.43. The third-order valence-electron chi connectivity index (χ3n) is 5.15. The molecule has 0 unspecified atom stereocenters. The molecule has 1 fully saturated rings. The molecule has 2 aromatic rings. The number of likely N-dealkylation sites (tertiary alicyclic amines) is 1. The Morgan fingerprint density at radius 3 is 2.50 bits per heavy atom. The average molecular weight is 356 g/mol. The second-order valence-corrected chi connectivity index (χ2v) is 7.03. The zero-order chi connectivity index (χ0) is 18.5. The van der Waals surface area contributed by atoms with E-state index in [2.05, 4.69) is 25.3 Å². The van der Waals surface area contributed by atoms with Crippen molar-refractivity contribution in [3.05, 3.63) is 41.2 Å². The van der Waals surface area contributed by atoms with Crippen LogP contribution in [0.1, 0.15) is 47.2 Å². The van der Waals surface area contributed by atoms with E-state index in [0.29, 0.717) is 11.5 Å². The molecule has 1 aliphatic rings. The van der Waals surface area contributed by atoms with Gasteiger partial charge in [-0.1, -0.05) is 0 Å². The van der Waals surface area contributed by atoms with Gasteiger partial charge in [0, 0.05) is 43.3 Å². The average Bonchev–Trinajstić information content (AvgIpc) is 3.03. The lowest BCUT2D eigenvalue weighted by molar-refractivity contribution is 0.0934. The lowest BCUT2D eigenvalue weighted by Gasteiger charge is -2.31. The Hall–Kier alpha value is -2.28. The monoisotopic (exact) mass is 356 g/mol. The van der Waals surface area contributed by atoms with Gasteiger partial charge in [-0.25, -0.2) is 9.97 Å². The van der Waals surface area contributed by atoms with Crippen LogP contribution in [0.15, 0.2) is 18.6 Å². The van der Waals surface area contributed by atoms with E-state index in [9.17, 15) is 4.79 Å². The highest BCUT2D eigenvalue weighted by Crippen LogP contribution is 2.18. The summed E-state index contributed by atoms with van der Waals surface area (Å²) in [5.74, 6) is 1.33. The number of rotatable bonds is 6. The van der Waals surface area contributed by atoms with Crippen LogP contribution in [0.25, 0.3) is 0 Å². The van der Waals surface area contributed by atoms with Crippen molar-refractivity contribution in [2.24, 2.45) is 5.92 Å². The summed E-state index contributed by atoms with van der Waals surface area (Å²) in [5, 5.41) is 7.33. The number of hydrogen-bond donors (Lipinski definition) is 1. The van der Waals surface area contributed by atoms with E-state index in [-0.39, 0.29) is 5.91 Å². The second-order valence-electron chi connectivity index (χ2n) is 7.03. The molecule has 0 aliphatic carbocycles. The summed E-state index contributed by atoms with van der Waals surface area (Å²) in [5.41, 5.74) is 2.77. The van der Waals surface area contributed by atoms with Crippen LogP contribution in [-0.4, -0.2) is 50.2 Å². The maximum absolute atomic E-state index is 12.4. The number of nitrogens with zero attached hydrogens (tertiary/aromatic N) is 5. The molecule has 0 bridgehead atoms. The molecule has 0 spiro atoms. The SMILES string of the molecule is CCn1ncc(C(=O)NCC2CCN(Cc3cnc(C)nc3)CC2)c1C. The van der Waals surface area contributed by atoms with Crippen LogP contribution < -0.4 is 5.32 Å². The minimum absolute atomic E-state index is 0.0126. The molecular formula is C19H28N6O. The topological polar surface area (TPSA) is 75.9 Å². The van der Waals surface area contributed by atoms with Gasteiger partial charge in [-0.2, -0.15) is 5.10 Å². The highest BCUT2D eigenvalue weighted by molar-refractivity contribution is 5.95. The summed E-state index contributed by atoms with van der Waals surface area (Å²) in [7, 11) is 0. The van der Waals surface area contributed by atoms with Gasteiger partial charge in [-0.15, -0.1) is 0 Å². The molecule has 7 nitrogen and oxygen atoms in total. The number of amides is 1. The highest BCUT2D eigenvalue weighted by atomic mass is 16.1. The Kier molecular flexibility index (Phi) is 5.98. The number of carbonyl (C=O) groups is 1. The van der Waals surface area contributed by atoms with Crippen molar-refractivity contribution in [1.82, 2.24) is 30.0 Å². The first-order chi connectivity index (χ1) is 12.6. The maximum atomic E-state index is 12.4. The quantitative estimate of drug-likeness (QED) is 0.856. The molecule has 0 saturated carbocycles. The Labute approximate surface area is 154 Å². The number of carbonyl (C=O) groups excluding carboxylic acids is 1. The van der Waals surface area contributed by atoms with Gasteiger partial charge in [0.05, 0.1) is 11.8 Å². The van der Waals surface area contributed by atoms with Crippen molar-refractivity contribution in [3.8, 4) is 0 Å². The van der Waals surface area contributed by atoms with Gasteiger partial charge in [0.25, 0.3) is 5.91 Å². The van der Waals surface area contributed by atoms with Gasteiger partial charge in [0.2, 0.25) is 0 Å². The summed E-state index contributed by atoms with van der Waals surface area (Å²) in [6.07, 6.45) is 7.68. The van der Waals surface area contributed by atoms with E-state index in [1.807, 2.05) is 37.8 Å². The Morgan fingerprint density at radius 2 is 1.88 bits per heavy atom. The van der Waals surface area contributed by atoms with Gasteiger partial charge in [-0.3, -0.25) is 14.4 Å². The fourth-order valence-corrected chi connectivity index (χ4v) is 3.43. The van der Waals surface area contributed by atoms with E-state index in [4.69, 9.17) is 0 Å². The number of hydrogen-bond acceptors (Lipinski definition) is 5. The molecule has 0 radical (unpaired) electrons. The standard InChI is InChI=1S/C19H28N6O/c1-4-25-14(2)18(12-23-25)19(26)22-9-16-5-7-24(8-6-16)13-17-10-20-15(3)21-11-17/h10-12,16H,4-9,13H2,1-3H3,(H,22,26). The van der Waals surface area contributed by atoms with Gasteiger partial charge >= 0.3 is 0 Å². The summed E-state index contributed by atoms with van der Waals surface area (Å²) in [6, 6.07) is 0. The lowest BCUT2D eigenvalue weighted by atomic mass is 9.96. The third-order valence-corrected chi connectivity index (χ3v) is 5.15. The van der Waals surface area contributed by atoms with Gasteiger partial charge in [-0.05, 0) is 52.6 Å². The summed E-state index contributed by atoms with van der Waals surface area (Å²) < 4.78 is 1.85. The van der Waals surface area contributed by atoms with Crippen LogP contribution in [0.4, 0.5) is 0 Å². The van der Waals surface area contributed by atoms with E-state index < -0.39 is 0 Å². The predicted octanol–water partition coefficient (Wildman–Crippen LogP) is 1.95. The molecule has 1 aliphatic heterocycles. The first-order valence-corrected chi connectivity index (χ1v) is 9.37. The van der Waals surface area contributed by atoms with Gasteiger partial charge in [0.1, 0.15) is 5.82 Å². The fraction of sp³-hybridized carbons (Fsp3) is 0.579. The Bertz CT molecular complexity index is 731. The number of nitrogens with one attached hydrogen (secondary N) is 1. The van der Waals surface area contributed by atoms with Crippen LogP contribution >= 0.6 is 0 Å². The van der Waals surface area contributed by atoms with Crippen molar-refractivity contribution in [2.75, 3.05) is 19.6 Å². The number of piperidine rings is 1. The van der Waals surface area contributed by atoms with E-state index in [1.165, 1.54) is 0 Å². The van der Waals surface area contributed by atoms with E-state index in [0.717, 1.165) is 62.6 Å². The highest BCUT2D eigenvalue weighted by Gasteiger charge is 2.21. The van der Waals surface area contributed by atoms with Crippen molar-refractivity contribution in [3.63, 3.8) is 0 Å². The van der Waals surface area contributed by atoms with Crippen molar-refractivity contribution in [1.29, 1.82) is 0 Å². The van der Waals surface area contributed by atoms with Crippen LogP contribution in [0.3, 0.4) is 0 Å². The summed E-state index contributed by atoms with van der Waals surface area (Å²) in [4.78, 5) is 23.3. The molecular weight excluding hydrogens is 328 g/mol. The van der Waals surface area contributed by atoms with E-state index >= 15 is 0 Å². The second kappa shape index (κ2) is 8.40. The van der Waals surface area contributed by atoms with Crippen LogP contribution in [0, 0.1) is 19.8 Å². The molecule has 7 heteroatoms. The summed E-state index contributed by atoms with van der Waals surface area (Å²) >= 11 is 0. The van der Waals surface area contributed by atoms with Crippen molar-refractivity contribution >= 4 is 5.91 Å². The molecule has 0 atom stereocenters. The van der Waals surface area contributed by atoms with Crippen LogP contribution in [0.5, 0.6) is 0 Å². The zero-order valence-corrected chi connectivity index (χ0v) is 15.9. The molecule has 2 aromatic heterocycles. The normalized spacial score (nSPS) is 16.0. The maximum Gasteiger partial charge on any atom is 0.254 e. The fourth-order valence-electron chi connectivity index (χ4n) is 3.43. The first-order valence-electron chi connectivity index (χ1n) is 9.37. The molecule has 0 aromatic carbocycles. The van der Waals surface area contributed by atoms with Gasteiger partial charge in [0.15, 0.2) is 0 Å². The summed E-state index contributed by atoms with van der Waals surface area (Å²) in [6.45, 7) is 10.4. The minimum Gasteiger partial charge on any atom is -0.352 e. The molecule has 1 amide bonds. The van der Waals surface area contributed by atoms with Crippen molar-refractivity contribution in [2.45, 2.75) is 46.7 Å².